The molecule has 0 aromatic heterocycles. The van der Waals surface area contributed by atoms with Crippen molar-refractivity contribution in [1.29, 1.82) is 0 Å². The normalized spacial score (nSPS) is 17.4. The van der Waals surface area contributed by atoms with Crippen LogP contribution in [0.2, 0.25) is 10.0 Å². The molecule has 0 amide bonds. The van der Waals surface area contributed by atoms with Crippen molar-refractivity contribution in [3.05, 3.63) is 56.0 Å². The van der Waals surface area contributed by atoms with Crippen LogP contribution in [-0.2, 0) is 6.42 Å². The monoisotopic (exact) mass is 385 g/mol. The van der Waals surface area contributed by atoms with E-state index in [2.05, 4.69) is 21.2 Å². The minimum Gasteiger partial charge on any atom is -0.508 e. The van der Waals surface area contributed by atoms with E-state index in [1.54, 1.807) is 6.07 Å². The van der Waals surface area contributed by atoms with E-state index in [-0.39, 0.29) is 6.04 Å². The zero-order chi connectivity index (χ0) is 15.0. The third-order valence-electron chi connectivity index (χ3n) is 3.81. The topological polar surface area (TPSA) is 32.3 Å². The minimum atomic E-state index is 0.184. The summed E-state index contributed by atoms with van der Waals surface area (Å²) in [5, 5.41) is 14.1. The molecule has 0 saturated carbocycles. The molecule has 2 N–H and O–H groups in total. The first-order chi connectivity index (χ1) is 10.1. The molecule has 1 unspecified atom stereocenters. The zero-order valence-corrected chi connectivity index (χ0v) is 14.3. The van der Waals surface area contributed by atoms with Crippen molar-refractivity contribution in [1.82, 2.24) is 0 Å². The third-order valence-corrected chi connectivity index (χ3v) is 5.58. The molecule has 5 heteroatoms. The molecule has 0 saturated heterocycles. The predicted molar refractivity (Wildman–Crippen MR) is 91.6 cm³/mol. The summed E-state index contributed by atoms with van der Waals surface area (Å²) in [6.45, 7) is 0. The number of anilines is 1. The number of halogens is 3. The summed E-state index contributed by atoms with van der Waals surface area (Å²) in [7, 11) is 0. The Morgan fingerprint density at radius 2 is 1.95 bits per heavy atom. The van der Waals surface area contributed by atoms with Crippen molar-refractivity contribution in [2.75, 3.05) is 5.32 Å². The Morgan fingerprint density at radius 3 is 2.76 bits per heavy atom. The molecular formula is C16H14BrCl2NO. The van der Waals surface area contributed by atoms with Gasteiger partial charge in [0.05, 0.1) is 21.8 Å². The Kier molecular flexibility index (Phi) is 4.34. The Hall–Kier alpha value is -0.900. The average molecular weight is 387 g/mol. The van der Waals surface area contributed by atoms with Gasteiger partial charge in [-0.1, -0.05) is 29.3 Å². The lowest BCUT2D eigenvalue weighted by Gasteiger charge is -2.28. The van der Waals surface area contributed by atoms with E-state index < -0.39 is 0 Å². The molecular weight excluding hydrogens is 373 g/mol. The molecule has 1 aliphatic rings. The molecule has 0 spiro atoms. The van der Waals surface area contributed by atoms with Crippen molar-refractivity contribution in [3.63, 3.8) is 0 Å². The molecule has 21 heavy (non-hydrogen) atoms. The van der Waals surface area contributed by atoms with Crippen molar-refractivity contribution in [2.45, 2.75) is 25.3 Å². The van der Waals surface area contributed by atoms with Gasteiger partial charge in [0.15, 0.2) is 0 Å². The predicted octanol–water partition coefficient (Wildman–Crippen LogP) is 5.95. The third kappa shape index (κ3) is 3.01. The van der Waals surface area contributed by atoms with E-state index in [0.717, 1.165) is 29.4 Å². The Bertz CT molecular complexity index is 690. The van der Waals surface area contributed by atoms with Gasteiger partial charge in [0.1, 0.15) is 5.75 Å². The summed E-state index contributed by atoms with van der Waals surface area (Å²) >= 11 is 15.8. The summed E-state index contributed by atoms with van der Waals surface area (Å²) in [5.41, 5.74) is 3.24. The summed E-state index contributed by atoms with van der Waals surface area (Å²) in [6, 6.07) is 9.55. The lowest BCUT2D eigenvalue weighted by Crippen LogP contribution is -2.17. The highest BCUT2D eigenvalue weighted by Gasteiger charge is 2.21. The number of hydrogen-bond acceptors (Lipinski definition) is 2. The molecule has 1 atom stereocenters. The molecule has 0 bridgehead atoms. The molecule has 0 heterocycles. The summed E-state index contributed by atoms with van der Waals surface area (Å²) in [6.07, 6.45) is 3.11. The Balaban J connectivity index is 1.92. The Morgan fingerprint density at radius 1 is 1.14 bits per heavy atom. The van der Waals surface area contributed by atoms with E-state index in [4.69, 9.17) is 23.2 Å². The van der Waals surface area contributed by atoms with Crippen molar-refractivity contribution >= 4 is 44.8 Å². The summed E-state index contributed by atoms with van der Waals surface area (Å²) < 4.78 is 0.786. The highest BCUT2D eigenvalue weighted by molar-refractivity contribution is 9.10. The standard InChI is InChI=1S/C16H14BrCl2NO/c17-12-6-7-14(16(19)15(12)18)20-13-3-1-2-9-8-10(21)4-5-11(9)13/h4-8,13,20-21H,1-3H2. The number of phenolic OH excluding ortho intramolecular Hbond substituents is 1. The molecule has 0 aliphatic heterocycles. The largest absolute Gasteiger partial charge is 0.508 e. The van der Waals surface area contributed by atoms with Crippen LogP contribution in [0.4, 0.5) is 5.69 Å². The number of rotatable bonds is 2. The van der Waals surface area contributed by atoms with Crippen LogP contribution in [0.3, 0.4) is 0 Å². The lowest BCUT2D eigenvalue weighted by molar-refractivity contribution is 0.472. The van der Waals surface area contributed by atoms with Crippen LogP contribution in [0.5, 0.6) is 5.75 Å². The van der Waals surface area contributed by atoms with E-state index >= 15 is 0 Å². The number of phenols is 1. The lowest BCUT2D eigenvalue weighted by atomic mass is 9.87. The first-order valence-electron chi connectivity index (χ1n) is 6.78. The van der Waals surface area contributed by atoms with Crippen molar-refractivity contribution in [2.24, 2.45) is 0 Å². The van der Waals surface area contributed by atoms with Crippen LogP contribution < -0.4 is 5.32 Å². The van der Waals surface area contributed by atoms with Gasteiger partial charge in [-0.2, -0.15) is 0 Å². The smallest absolute Gasteiger partial charge is 0.115 e. The SMILES string of the molecule is Oc1ccc2c(c1)CCCC2Nc1ccc(Br)c(Cl)c1Cl. The van der Waals surface area contributed by atoms with E-state index in [1.165, 1.54) is 11.1 Å². The van der Waals surface area contributed by atoms with E-state index in [0.29, 0.717) is 15.8 Å². The van der Waals surface area contributed by atoms with Gasteiger partial charge in [-0.05, 0) is 70.6 Å². The van der Waals surface area contributed by atoms with Crippen molar-refractivity contribution < 1.29 is 5.11 Å². The second-order valence-electron chi connectivity index (χ2n) is 5.20. The second kappa shape index (κ2) is 6.07. The molecule has 110 valence electrons. The fourth-order valence-corrected chi connectivity index (χ4v) is 3.60. The molecule has 2 aromatic rings. The second-order valence-corrected chi connectivity index (χ2v) is 6.81. The van der Waals surface area contributed by atoms with Crippen molar-refractivity contribution in [3.8, 4) is 5.75 Å². The first-order valence-corrected chi connectivity index (χ1v) is 8.33. The number of hydrogen-bond donors (Lipinski definition) is 2. The van der Waals surface area contributed by atoms with E-state index in [9.17, 15) is 5.11 Å². The fraction of sp³-hybridized carbons (Fsp3) is 0.250. The highest BCUT2D eigenvalue weighted by Crippen LogP contribution is 2.40. The number of benzene rings is 2. The van der Waals surface area contributed by atoms with Gasteiger partial charge in [-0.15, -0.1) is 0 Å². The maximum atomic E-state index is 9.61. The maximum Gasteiger partial charge on any atom is 0.115 e. The van der Waals surface area contributed by atoms with E-state index in [1.807, 2.05) is 24.3 Å². The highest BCUT2D eigenvalue weighted by atomic mass is 79.9. The average Bonchev–Trinajstić information content (AvgIpc) is 2.48. The van der Waals surface area contributed by atoms with Crippen LogP contribution in [0.1, 0.15) is 30.0 Å². The quantitative estimate of drug-likeness (QED) is 0.625. The first kappa shape index (κ1) is 15.0. The number of aryl methyl sites for hydroxylation is 1. The zero-order valence-electron chi connectivity index (χ0n) is 11.2. The molecule has 0 fully saturated rings. The Labute approximate surface area is 142 Å². The number of fused-ring (bicyclic) bond motifs is 1. The van der Waals surface area contributed by atoms with Gasteiger partial charge < -0.3 is 10.4 Å². The molecule has 3 rings (SSSR count). The number of nitrogens with one attached hydrogen (secondary N) is 1. The molecule has 0 radical (unpaired) electrons. The van der Waals surface area contributed by atoms with Gasteiger partial charge in [0, 0.05) is 4.47 Å². The van der Waals surface area contributed by atoms with Gasteiger partial charge in [0.25, 0.3) is 0 Å². The van der Waals surface area contributed by atoms with Crippen LogP contribution >= 0.6 is 39.1 Å². The molecule has 2 nitrogen and oxygen atoms in total. The van der Waals surface area contributed by atoms with Crippen LogP contribution in [0, 0.1) is 0 Å². The summed E-state index contributed by atoms with van der Waals surface area (Å²) in [5.74, 6) is 0.319. The minimum absolute atomic E-state index is 0.184. The number of aromatic hydroxyl groups is 1. The van der Waals surface area contributed by atoms with Crippen LogP contribution in [0.25, 0.3) is 0 Å². The molecule has 2 aromatic carbocycles. The molecule has 1 aliphatic carbocycles. The van der Waals surface area contributed by atoms with Gasteiger partial charge in [0.2, 0.25) is 0 Å². The summed E-state index contributed by atoms with van der Waals surface area (Å²) in [4.78, 5) is 0. The van der Waals surface area contributed by atoms with Gasteiger partial charge >= 0.3 is 0 Å². The maximum absolute atomic E-state index is 9.61. The van der Waals surface area contributed by atoms with Crippen LogP contribution in [0.15, 0.2) is 34.8 Å². The fourth-order valence-electron chi connectivity index (χ4n) is 2.78. The van der Waals surface area contributed by atoms with Crippen LogP contribution in [-0.4, -0.2) is 5.11 Å². The van der Waals surface area contributed by atoms with Gasteiger partial charge in [-0.25, -0.2) is 0 Å². The van der Waals surface area contributed by atoms with Gasteiger partial charge in [-0.3, -0.25) is 0 Å².